The van der Waals surface area contributed by atoms with Crippen LogP contribution in [0, 0.1) is 17.7 Å². The highest BCUT2D eigenvalue weighted by atomic mass is 35.5. The van der Waals surface area contributed by atoms with E-state index >= 15 is 0 Å². The molecule has 1 saturated carbocycles. The van der Waals surface area contributed by atoms with E-state index in [1.807, 2.05) is 12.1 Å². The van der Waals surface area contributed by atoms with Gasteiger partial charge in [-0.2, -0.15) is 0 Å². The van der Waals surface area contributed by atoms with E-state index in [1.54, 1.807) is 6.07 Å². The second-order valence-corrected chi connectivity index (χ2v) is 5.98. The first-order valence-corrected chi connectivity index (χ1v) is 7.12. The van der Waals surface area contributed by atoms with Crippen molar-refractivity contribution in [3.05, 3.63) is 34.6 Å². The van der Waals surface area contributed by atoms with Crippen LogP contribution in [0.15, 0.2) is 18.2 Å². The lowest BCUT2D eigenvalue weighted by Gasteiger charge is -2.37. The first kappa shape index (κ1) is 13.8. The smallest absolute Gasteiger partial charge is 0.144 e. The van der Waals surface area contributed by atoms with Crippen molar-refractivity contribution in [2.45, 2.75) is 39.2 Å². The van der Waals surface area contributed by atoms with Crippen LogP contribution in [0.25, 0.3) is 0 Å². The summed E-state index contributed by atoms with van der Waals surface area (Å²) in [7, 11) is 0. The van der Waals surface area contributed by atoms with Crippen LogP contribution in [0.2, 0.25) is 5.02 Å². The predicted molar refractivity (Wildman–Crippen MR) is 74.5 cm³/mol. The van der Waals surface area contributed by atoms with E-state index in [4.69, 9.17) is 11.6 Å². The summed E-state index contributed by atoms with van der Waals surface area (Å²) in [5.74, 6) is 1.05. The van der Waals surface area contributed by atoms with Gasteiger partial charge in [0.25, 0.3) is 0 Å². The molecule has 1 N–H and O–H groups in total. The third kappa shape index (κ3) is 3.24. The average molecular weight is 270 g/mol. The van der Waals surface area contributed by atoms with Crippen LogP contribution in [0.4, 0.5) is 4.39 Å². The zero-order valence-corrected chi connectivity index (χ0v) is 11.8. The van der Waals surface area contributed by atoms with Crippen molar-refractivity contribution >= 4 is 11.6 Å². The quantitative estimate of drug-likeness (QED) is 0.850. The fraction of sp³-hybridized carbons (Fsp3) is 0.600. The lowest BCUT2D eigenvalue weighted by Crippen LogP contribution is -2.38. The monoisotopic (exact) mass is 269 g/mol. The molecule has 3 heteroatoms. The molecule has 1 fully saturated rings. The second-order valence-electron chi connectivity index (χ2n) is 5.58. The fourth-order valence-electron chi connectivity index (χ4n) is 2.55. The van der Waals surface area contributed by atoms with Crippen LogP contribution < -0.4 is 5.32 Å². The lowest BCUT2D eigenvalue weighted by atomic mass is 9.70. The lowest BCUT2D eigenvalue weighted by molar-refractivity contribution is 0.166. The molecule has 2 atom stereocenters. The Morgan fingerprint density at radius 3 is 2.67 bits per heavy atom. The van der Waals surface area contributed by atoms with Crippen molar-refractivity contribution in [1.82, 2.24) is 5.32 Å². The van der Waals surface area contributed by atoms with E-state index in [9.17, 15) is 4.39 Å². The summed E-state index contributed by atoms with van der Waals surface area (Å²) in [6, 6.07) is 5.82. The standard InChI is InChI=1S/C15H21ClFN/c1-10(2)18-9-13-7-6-11(13)8-12-4-3-5-14(16)15(12)17/h3-5,10-11,13,18H,6-9H2,1-2H3. The van der Waals surface area contributed by atoms with Gasteiger partial charge in [0, 0.05) is 6.04 Å². The Hall–Kier alpha value is -0.600. The Labute approximate surface area is 114 Å². The summed E-state index contributed by atoms with van der Waals surface area (Å²) in [6.45, 7) is 5.36. The predicted octanol–water partition coefficient (Wildman–Crippen LogP) is 4.05. The SMILES string of the molecule is CC(C)NCC1CCC1Cc1cccc(Cl)c1F. The molecule has 0 saturated heterocycles. The Balaban J connectivity index is 1.91. The minimum atomic E-state index is -0.235. The minimum Gasteiger partial charge on any atom is -0.314 e. The second kappa shape index (κ2) is 6.03. The van der Waals surface area contributed by atoms with Gasteiger partial charge in [-0.25, -0.2) is 4.39 Å². The van der Waals surface area contributed by atoms with E-state index < -0.39 is 0 Å². The van der Waals surface area contributed by atoms with Crippen LogP contribution in [0.3, 0.4) is 0 Å². The first-order valence-electron chi connectivity index (χ1n) is 6.74. The Morgan fingerprint density at radius 1 is 1.33 bits per heavy atom. The first-order chi connectivity index (χ1) is 8.58. The molecule has 0 bridgehead atoms. The van der Waals surface area contributed by atoms with Gasteiger partial charge in [0.15, 0.2) is 0 Å². The van der Waals surface area contributed by atoms with Crippen molar-refractivity contribution in [3.63, 3.8) is 0 Å². The number of hydrogen-bond acceptors (Lipinski definition) is 1. The van der Waals surface area contributed by atoms with Crippen molar-refractivity contribution in [3.8, 4) is 0 Å². The van der Waals surface area contributed by atoms with E-state index in [1.165, 1.54) is 12.8 Å². The molecular weight excluding hydrogens is 249 g/mol. The molecule has 0 radical (unpaired) electrons. The fourth-order valence-corrected chi connectivity index (χ4v) is 2.75. The maximum atomic E-state index is 13.8. The van der Waals surface area contributed by atoms with Gasteiger partial charge in [-0.1, -0.05) is 37.6 Å². The van der Waals surface area contributed by atoms with Gasteiger partial charge in [-0.15, -0.1) is 0 Å². The maximum absolute atomic E-state index is 13.8. The van der Waals surface area contributed by atoms with Crippen LogP contribution in [0.1, 0.15) is 32.3 Å². The summed E-state index contributed by atoms with van der Waals surface area (Å²) in [5.41, 5.74) is 0.766. The molecule has 1 aromatic rings. The zero-order valence-electron chi connectivity index (χ0n) is 11.0. The highest BCUT2D eigenvalue weighted by Crippen LogP contribution is 2.37. The maximum Gasteiger partial charge on any atom is 0.144 e. The van der Waals surface area contributed by atoms with Gasteiger partial charge < -0.3 is 5.32 Å². The molecule has 1 aromatic carbocycles. The van der Waals surface area contributed by atoms with E-state index in [-0.39, 0.29) is 10.8 Å². The van der Waals surface area contributed by atoms with Crippen molar-refractivity contribution in [2.75, 3.05) is 6.54 Å². The summed E-state index contributed by atoms with van der Waals surface area (Å²) in [6.07, 6.45) is 3.28. The van der Waals surface area contributed by atoms with Crippen LogP contribution >= 0.6 is 11.6 Å². The molecule has 2 unspecified atom stereocenters. The van der Waals surface area contributed by atoms with Gasteiger partial charge in [-0.05, 0) is 49.3 Å². The van der Waals surface area contributed by atoms with Crippen LogP contribution in [0.5, 0.6) is 0 Å². The number of hydrogen-bond donors (Lipinski definition) is 1. The summed E-state index contributed by atoms with van der Waals surface area (Å²) in [5, 5.41) is 3.71. The van der Waals surface area contributed by atoms with Crippen LogP contribution in [-0.2, 0) is 6.42 Å². The van der Waals surface area contributed by atoms with Crippen molar-refractivity contribution in [1.29, 1.82) is 0 Å². The average Bonchev–Trinajstić information content (AvgIpc) is 2.29. The Kier molecular flexibility index (Phi) is 4.63. The number of nitrogens with one attached hydrogen (secondary N) is 1. The molecule has 0 aliphatic heterocycles. The van der Waals surface area contributed by atoms with Gasteiger partial charge in [0.2, 0.25) is 0 Å². The van der Waals surface area contributed by atoms with Gasteiger partial charge in [0.05, 0.1) is 5.02 Å². The van der Waals surface area contributed by atoms with Crippen molar-refractivity contribution in [2.24, 2.45) is 11.8 Å². The third-order valence-electron chi connectivity index (χ3n) is 3.88. The third-order valence-corrected chi connectivity index (χ3v) is 4.17. The van der Waals surface area contributed by atoms with Gasteiger partial charge in [0.1, 0.15) is 5.82 Å². The minimum absolute atomic E-state index is 0.235. The molecular formula is C15H21ClFN. The molecule has 18 heavy (non-hydrogen) atoms. The molecule has 0 heterocycles. The van der Waals surface area contributed by atoms with Gasteiger partial charge in [-0.3, -0.25) is 0 Å². The molecule has 100 valence electrons. The van der Waals surface area contributed by atoms with Crippen LogP contribution in [-0.4, -0.2) is 12.6 Å². The van der Waals surface area contributed by atoms with Gasteiger partial charge >= 0.3 is 0 Å². The molecule has 0 amide bonds. The topological polar surface area (TPSA) is 12.0 Å². The van der Waals surface area contributed by atoms with E-state index in [0.29, 0.717) is 17.9 Å². The molecule has 0 aromatic heterocycles. The molecule has 0 spiro atoms. The van der Waals surface area contributed by atoms with E-state index in [2.05, 4.69) is 19.2 Å². The summed E-state index contributed by atoms with van der Waals surface area (Å²) in [4.78, 5) is 0. The summed E-state index contributed by atoms with van der Waals surface area (Å²) >= 11 is 5.81. The number of benzene rings is 1. The summed E-state index contributed by atoms with van der Waals surface area (Å²) < 4.78 is 13.8. The van der Waals surface area contributed by atoms with E-state index in [0.717, 1.165) is 18.5 Å². The van der Waals surface area contributed by atoms with Crippen molar-refractivity contribution < 1.29 is 4.39 Å². The Bertz CT molecular complexity index is 405. The largest absolute Gasteiger partial charge is 0.314 e. The molecule has 2 rings (SSSR count). The molecule has 1 aliphatic carbocycles. The molecule has 1 aliphatic rings. The highest BCUT2D eigenvalue weighted by Gasteiger charge is 2.31. The number of halogens is 2. The normalized spacial score (nSPS) is 23.2. The number of rotatable bonds is 5. The zero-order chi connectivity index (χ0) is 13.1. The highest BCUT2D eigenvalue weighted by molar-refractivity contribution is 6.30. The molecule has 1 nitrogen and oxygen atoms in total. The Morgan fingerprint density at radius 2 is 2.06 bits per heavy atom.